The number of carboxylic acids is 1. The summed E-state index contributed by atoms with van der Waals surface area (Å²) in [6.07, 6.45) is 0. The molecule has 6 heteroatoms. The zero-order valence-electron chi connectivity index (χ0n) is 7.85. The van der Waals surface area contributed by atoms with Gasteiger partial charge in [0, 0.05) is 11.6 Å². The van der Waals surface area contributed by atoms with Crippen molar-refractivity contribution in [3.63, 3.8) is 0 Å². The van der Waals surface area contributed by atoms with Gasteiger partial charge < -0.3 is 14.7 Å². The van der Waals surface area contributed by atoms with Crippen molar-refractivity contribution in [2.75, 3.05) is 0 Å². The molecule has 0 bridgehead atoms. The number of hydrogen-bond donors (Lipinski definition) is 2. The summed E-state index contributed by atoms with van der Waals surface area (Å²) in [4.78, 5) is 10.6. The molecule has 2 rings (SSSR count). The molecule has 16 heavy (non-hydrogen) atoms. The molecule has 0 unspecified atom stereocenters. The van der Waals surface area contributed by atoms with E-state index in [0.717, 1.165) is 0 Å². The SMILES string of the molecule is O=C(O)c1cc(-c2ccc(O)cc2Cl)no1. The normalized spacial score (nSPS) is 10.3. The van der Waals surface area contributed by atoms with Crippen molar-refractivity contribution >= 4 is 17.6 Å². The van der Waals surface area contributed by atoms with Crippen LogP contribution >= 0.6 is 11.6 Å². The number of phenolic OH excluding ortho intramolecular Hbond substituents is 1. The van der Waals surface area contributed by atoms with E-state index in [4.69, 9.17) is 21.8 Å². The second-order valence-corrected chi connectivity index (χ2v) is 3.45. The first-order valence-corrected chi connectivity index (χ1v) is 4.64. The van der Waals surface area contributed by atoms with Gasteiger partial charge in [0.1, 0.15) is 11.4 Å². The predicted octanol–water partition coefficient (Wildman–Crippen LogP) is 2.40. The van der Waals surface area contributed by atoms with Crippen LogP contribution in [0.3, 0.4) is 0 Å². The maximum absolute atomic E-state index is 10.6. The molecular weight excluding hydrogens is 234 g/mol. The molecule has 0 spiro atoms. The van der Waals surface area contributed by atoms with Gasteiger partial charge in [-0.05, 0) is 18.2 Å². The number of carbonyl (C=O) groups is 1. The minimum Gasteiger partial charge on any atom is -0.508 e. The number of aromatic carboxylic acids is 1. The van der Waals surface area contributed by atoms with Gasteiger partial charge in [-0.25, -0.2) is 4.79 Å². The molecule has 0 saturated heterocycles. The Morgan fingerprint density at radius 2 is 2.12 bits per heavy atom. The van der Waals surface area contributed by atoms with Gasteiger partial charge >= 0.3 is 5.97 Å². The first-order valence-electron chi connectivity index (χ1n) is 4.27. The van der Waals surface area contributed by atoms with E-state index < -0.39 is 5.97 Å². The lowest BCUT2D eigenvalue weighted by atomic mass is 10.1. The average molecular weight is 240 g/mol. The van der Waals surface area contributed by atoms with Crippen molar-refractivity contribution in [3.8, 4) is 17.0 Å². The van der Waals surface area contributed by atoms with E-state index in [-0.39, 0.29) is 16.5 Å². The molecule has 0 amide bonds. The lowest BCUT2D eigenvalue weighted by Gasteiger charge is -1.99. The van der Waals surface area contributed by atoms with E-state index in [9.17, 15) is 4.79 Å². The number of rotatable bonds is 2. The van der Waals surface area contributed by atoms with E-state index in [0.29, 0.717) is 11.3 Å². The third kappa shape index (κ3) is 1.85. The van der Waals surface area contributed by atoms with Crippen molar-refractivity contribution in [1.82, 2.24) is 5.16 Å². The summed E-state index contributed by atoms with van der Waals surface area (Å²) >= 11 is 5.86. The van der Waals surface area contributed by atoms with Gasteiger partial charge in [-0.3, -0.25) is 0 Å². The first-order chi connectivity index (χ1) is 7.58. The fraction of sp³-hybridized carbons (Fsp3) is 0. The summed E-state index contributed by atoms with van der Waals surface area (Å²) < 4.78 is 4.60. The van der Waals surface area contributed by atoms with E-state index >= 15 is 0 Å². The summed E-state index contributed by atoms with van der Waals surface area (Å²) in [5, 5.41) is 21.7. The summed E-state index contributed by atoms with van der Waals surface area (Å²) in [6.45, 7) is 0. The number of benzene rings is 1. The number of hydrogen-bond acceptors (Lipinski definition) is 4. The summed E-state index contributed by atoms with van der Waals surface area (Å²) in [6, 6.07) is 5.56. The number of aromatic hydroxyl groups is 1. The van der Waals surface area contributed by atoms with E-state index in [1.807, 2.05) is 0 Å². The zero-order chi connectivity index (χ0) is 11.7. The third-order valence-electron chi connectivity index (χ3n) is 1.95. The lowest BCUT2D eigenvalue weighted by Crippen LogP contribution is -1.91. The standard InChI is InChI=1S/C10H6ClNO4/c11-7-3-5(13)1-2-6(7)8-4-9(10(14)15)16-12-8/h1-4,13H,(H,14,15). The smallest absolute Gasteiger partial charge is 0.374 e. The van der Waals surface area contributed by atoms with Gasteiger partial charge in [0.25, 0.3) is 0 Å². The molecule has 0 aliphatic rings. The molecule has 0 aliphatic carbocycles. The van der Waals surface area contributed by atoms with Crippen LogP contribution in [0.4, 0.5) is 0 Å². The van der Waals surface area contributed by atoms with Crippen molar-refractivity contribution < 1.29 is 19.5 Å². The molecule has 0 atom stereocenters. The Balaban J connectivity index is 2.46. The number of carboxylic acid groups (broad SMARTS) is 1. The second-order valence-electron chi connectivity index (χ2n) is 3.05. The van der Waals surface area contributed by atoms with E-state index in [1.54, 1.807) is 0 Å². The van der Waals surface area contributed by atoms with Crippen LogP contribution in [0.1, 0.15) is 10.6 Å². The fourth-order valence-corrected chi connectivity index (χ4v) is 1.49. The fourth-order valence-electron chi connectivity index (χ4n) is 1.21. The van der Waals surface area contributed by atoms with Crippen LogP contribution in [0.25, 0.3) is 11.3 Å². The Kier molecular flexibility index (Phi) is 2.54. The Morgan fingerprint density at radius 1 is 1.38 bits per heavy atom. The second kappa shape index (κ2) is 3.86. The molecule has 0 saturated carbocycles. The van der Waals surface area contributed by atoms with Crippen LogP contribution in [-0.4, -0.2) is 21.3 Å². The van der Waals surface area contributed by atoms with Crippen LogP contribution in [0.5, 0.6) is 5.75 Å². The zero-order valence-corrected chi connectivity index (χ0v) is 8.60. The number of aromatic nitrogens is 1. The molecule has 5 nitrogen and oxygen atoms in total. The van der Waals surface area contributed by atoms with Crippen LogP contribution in [-0.2, 0) is 0 Å². The molecule has 0 fully saturated rings. The molecule has 2 N–H and O–H groups in total. The molecule has 0 radical (unpaired) electrons. The van der Waals surface area contributed by atoms with Gasteiger partial charge in [-0.2, -0.15) is 0 Å². The molecule has 1 heterocycles. The monoisotopic (exact) mass is 239 g/mol. The van der Waals surface area contributed by atoms with Crippen LogP contribution < -0.4 is 0 Å². The summed E-state index contributed by atoms with van der Waals surface area (Å²) in [7, 11) is 0. The lowest BCUT2D eigenvalue weighted by molar-refractivity contribution is 0.0652. The van der Waals surface area contributed by atoms with Crippen molar-refractivity contribution in [1.29, 1.82) is 0 Å². The highest BCUT2D eigenvalue weighted by molar-refractivity contribution is 6.33. The Labute approximate surface area is 94.9 Å². The highest BCUT2D eigenvalue weighted by atomic mass is 35.5. The van der Waals surface area contributed by atoms with Gasteiger partial charge in [0.2, 0.25) is 5.76 Å². The van der Waals surface area contributed by atoms with Gasteiger partial charge in [-0.15, -0.1) is 0 Å². The average Bonchev–Trinajstić information content (AvgIpc) is 2.66. The molecule has 0 aliphatic heterocycles. The number of nitrogens with zero attached hydrogens (tertiary/aromatic N) is 1. The minimum absolute atomic E-state index is 0.0238. The van der Waals surface area contributed by atoms with E-state index in [2.05, 4.69) is 9.68 Å². The maximum atomic E-state index is 10.6. The molecule has 1 aromatic heterocycles. The van der Waals surface area contributed by atoms with Crippen molar-refractivity contribution in [2.24, 2.45) is 0 Å². The number of phenols is 1. The number of halogens is 1. The van der Waals surface area contributed by atoms with Gasteiger partial charge in [-0.1, -0.05) is 16.8 Å². The summed E-state index contributed by atoms with van der Waals surface area (Å²) in [5.74, 6) is -1.44. The highest BCUT2D eigenvalue weighted by Gasteiger charge is 2.14. The van der Waals surface area contributed by atoms with Gasteiger partial charge in [0.15, 0.2) is 0 Å². The Hall–Kier alpha value is -2.01. The summed E-state index contributed by atoms with van der Waals surface area (Å²) in [5.41, 5.74) is 0.804. The van der Waals surface area contributed by atoms with Gasteiger partial charge in [0.05, 0.1) is 5.02 Å². The quantitative estimate of drug-likeness (QED) is 0.841. The van der Waals surface area contributed by atoms with Crippen LogP contribution in [0.2, 0.25) is 5.02 Å². The predicted molar refractivity (Wildman–Crippen MR) is 55.6 cm³/mol. The highest BCUT2D eigenvalue weighted by Crippen LogP contribution is 2.30. The molecule has 82 valence electrons. The molecule has 2 aromatic rings. The van der Waals surface area contributed by atoms with Crippen molar-refractivity contribution in [2.45, 2.75) is 0 Å². The third-order valence-corrected chi connectivity index (χ3v) is 2.26. The minimum atomic E-state index is -1.20. The molecule has 1 aromatic carbocycles. The maximum Gasteiger partial charge on any atom is 0.374 e. The Morgan fingerprint density at radius 3 is 2.69 bits per heavy atom. The van der Waals surface area contributed by atoms with Crippen LogP contribution in [0, 0.1) is 0 Å². The van der Waals surface area contributed by atoms with Crippen LogP contribution in [0.15, 0.2) is 28.8 Å². The Bertz CT molecular complexity index is 550. The van der Waals surface area contributed by atoms with E-state index in [1.165, 1.54) is 24.3 Å². The largest absolute Gasteiger partial charge is 0.508 e. The van der Waals surface area contributed by atoms with Crippen molar-refractivity contribution in [3.05, 3.63) is 35.0 Å². The molecular formula is C10H6ClNO4. The topological polar surface area (TPSA) is 83.6 Å². The first kappa shape index (κ1) is 10.5.